The van der Waals surface area contributed by atoms with E-state index in [1.54, 1.807) is 0 Å². The molecule has 17 heavy (non-hydrogen) atoms. The number of hydrogen-bond acceptors (Lipinski definition) is 4. The van der Waals surface area contributed by atoms with Crippen molar-refractivity contribution in [3.05, 3.63) is 28.8 Å². The summed E-state index contributed by atoms with van der Waals surface area (Å²) in [5, 5.41) is 9.78. The maximum atomic E-state index is 9.78. The van der Waals surface area contributed by atoms with Crippen LogP contribution in [0.25, 0.3) is 0 Å². The summed E-state index contributed by atoms with van der Waals surface area (Å²) in [6, 6.07) is 4.24. The Morgan fingerprint density at radius 2 is 2.00 bits per heavy atom. The highest BCUT2D eigenvalue weighted by Gasteiger charge is 2.26. The van der Waals surface area contributed by atoms with Crippen LogP contribution in [0.4, 0.5) is 0 Å². The molecule has 1 heterocycles. The Labute approximate surface area is 102 Å². The molecule has 0 saturated heterocycles. The number of hydrogen-bond donors (Lipinski definition) is 2. The maximum absolute atomic E-state index is 9.78. The predicted molar refractivity (Wildman–Crippen MR) is 69.2 cm³/mol. The van der Waals surface area contributed by atoms with E-state index in [-0.39, 0.29) is 6.04 Å². The van der Waals surface area contributed by atoms with Gasteiger partial charge in [0.15, 0.2) is 5.96 Å². The van der Waals surface area contributed by atoms with Gasteiger partial charge in [0.05, 0.1) is 12.6 Å². The average Bonchev–Trinajstić information content (AvgIpc) is 2.66. The number of guanidine groups is 1. The zero-order valence-corrected chi connectivity index (χ0v) is 10.6. The molecule has 0 aromatic heterocycles. The number of nitrogens with two attached hydrogens (primary N) is 1. The molecule has 1 aliphatic heterocycles. The van der Waals surface area contributed by atoms with E-state index in [1.165, 1.54) is 5.56 Å². The summed E-state index contributed by atoms with van der Waals surface area (Å²) < 4.78 is 0. The fourth-order valence-electron chi connectivity index (χ4n) is 2.38. The molecule has 1 aromatic carbocycles. The lowest BCUT2D eigenvalue weighted by Crippen LogP contribution is -2.35. The number of likely N-dealkylation sites (N-methyl/N-ethyl adjacent to an activating group) is 1. The lowest BCUT2D eigenvalue weighted by molar-refractivity contribution is 0.363. The molecule has 0 spiro atoms. The average molecular weight is 233 g/mol. The number of rotatable bonds is 2. The van der Waals surface area contributed by atoms with Crippen molar-refractivity contribution in [2.75, 3.05) is 13.1 Å². The van der Waals surface area contributed by atoms with Gasteiger partial charge in [0, 0.05) is 6.54 Å². The Morgan fingerprint density at radius 1 is 1.41 bits per heavy atom. The van der Waals surface area contributed by atoms with Gasteiger partial charge in [-0.25, -0.2) is 0 Å². The minimum Gasteiger partial charge on any atom is -0.507 e. The van der Waals surface area contributed by atoms with Gasteiger partial charge in [-0.1, -0.05) is 12.1 Å². The van der Waals surface area contributed by atoms with Crippen LogP contribution in [0.15, 0.2) is 17.1 Å². The Kier molecular flexibility index (Phi) is 2.96. The molecule has 1 atom stereocenters. The number of benzene rings is 1. The minimum atomic E-state index is 0.206. The molecule has 0 radical (unpaired) electrons. The van der Waals surface area contributed by atoms with E-state index in [1.807, 2.05) is 26.0 Å². The van der Waals surface area contributed by atoms with Crippen molar-refractivity contribution in [3.63, 3.8) is 0 Å². The fourth-order valence-corrected chi connectivity index (χ4v) is 2.38. The monoisotopic (exact) mass is 233 g/mol. The highest BCUT2D eigenvalue weighted by Crippen LogP contribution is 2.30. The molecule has 0 amide bonds. The second-order valence-electron chi connectivity index (χ2n) is 4.50. The van der Waals surface area contributed by atoms with Gasteiger partial charge in [0.2, 0.25) is 0 Å². The quantitative estimate of drug-likeness (QED) is 0.817. The van der Waals surface area contributed by atoms with Crippen molar-refractivity contribution in [1.29, 1.82) is 0 Å². The zero-order valence-electron chi connectivity index (χ0n) is 10.6. The van der Waals surface area contributed by atoms with E-state index in [0.717, 1.165) is 17.7 Å². The Balaban J connectivity index is 2.36. The summed E-state index contributed by atoms with van der Waals surface area (Å²) in [5.74, 6) is 0.990. The van der Waals surface area contributed by atoms with E-state index in [4.69, 9.17) is 5.73 Å². The minimum absolute atomic E-state index is 0.206. The standard InChI is InChI=1S/C13H19N3O/c1-4-16-11(7-15-13(16)14)10-5-8(2)12(17)9(3)6-10/h5-6,11,17H,4,7H2,1-3H3,(H2,14,15). The highest BCUT2D eigenvalue weighted by molar-refractivity contribution is 5.80. The lowest BCUT2D eigenvalue weighted by atomic mass is 10.00. The Bertz CT molecular complexity index is 445. The molecule has 0 bridgehead atoms. The summed E-state index contributed by atoms with van der Waals surface area (Å²) in [4.78, 5) is 6.37. The first-order chi connectivity index (χ1) is 8.04. The van der Waals surface area contributed by atoms with Crippen molar-refractivity contribution in [1.82, 2.24) is 4.90 Å². The predicted octanol–water partition coefficient (Wildman–Crippen LogP) is 1.70. The Morgan fingerprint density at radius 3 is 2.53 bits per heavy atom. The third-order valence-electron chi connectivity index (χ3n) is 3.34. The van der Waals surface area contributed by atoms with Crippen LogP contribution < -0.4 is 5.73 Å². The second kappa shape index (κ2) is 4.28. The topological polar surface area (TPSA) is 61.8 Å². The molecule has 0 aliphatic carbocycles. The number of phenolic OH excluding ortho intramolecular Hbond substituents is 1. The van der Waals surface area contributed by atoms with Crippen LogP contribution in [0.3, 0.4) is 0 Å². The molecule has 1 aliphatic rings. The number of aryl methyl sites for hydroxylation is 2. The summed E-state index contributed by atoms with van der Waals surface area (Å²) in [6.45, 7) is 7.45. The molecule has 0 fully saturated rings. The van der Waals surface area contributed by atoms with Gasteiger partial charge in [-0.05, 0) is 37.5 Å². The van der Waals surface area contributed by atoms with Crippen LogP contribution in [0.5, 0.6) is 5.75 Å². The van der Waals surface area contributed by atoms with Crippen molar-refractivity contribution in [3.8, 4) is 5.75 Å². The van der Waals surface area contributed by atoms with Crippen LogP contribution in [-0.2, 0) is 0 Å². The molecule has 92 valence electrons. The van der Waals surface area contributed by atoms with Gasteiger partial charge < -0.3 is 15.7 Å². The number of aliphatic imine (C=N–C) groups is 1. The summed E-state index contributed by atoms with van der Waals surface area (Å²) in [6.07, 6.45) is 0. The van der Waals surface area contributed by atoms with Crippen LogP contribution in [0.1, 0.15) is 29.7 Å². The first kappa shape index (κ1) is 11.8. The number of aromatic hydroxyl groups is 1. The number of phenols is 1. The van der Waals surface area contributed by atoms with Crippen molar-refractivity contribution < 1.29 is 5.11 Å². The lowest BCUT2D eigenvalue weighted by Gasteiger charge is -2.25. The molecule has 4 nitrogen and oxygen atoms in total. The number of nitrogens with zero attached hydrogens (tertiary/aromatic N) is 2. The molecular weight excluding hydrogens is 214 g/mol. The van der Waals surface area contributed by atoms with Gasteiger partial charge in [0.25, 0.3) is 0 Å². The van der Waals surface area contributed by atoms with Gasteiger partial charge in [-0.3, -0.25) is 4.99 Å². The summed E-state index contributed by atoms with van der Waals surface area (Å²) in [7, 11) is 0. The maximum Gasteiger partial charge on any atom is 0.191 e. The molecule has 3 N–H and O–H groups in total. The van der Waals surface area contributed by atoms with Gasteiger partial charge in [-0.15, -0.1) is 0 Å². The normalized spacial score (nSPS) is 19.6. The summed E-state index contributed by atoms with van der Waals surface area (Å²) >= 11 is 0. The molecular formula is C13H19N3O. The largest absolute Gasteiger partial charge is 0.507 e. The molecule has 4 heteroatoms. The Hall–Kier alpha value is -1.71. The third kappa shape index (κ3) is 1.95. The van der Waals surface area contributed by atoms with E-state index < -0.39 is 0 Å². The van der Waals surface area contributed by atoms with Gasteiger partial charge in [0.1, 0.15) is 5.75 Å². The summed E-state index contributed by atoms with van der Waals surface area (Å²) in [5.41, 5.74) is 8.83. The van der Waals surface area contributed by atoms with E-state index in [2.05, 4.69) is 16.8 Å². The second-order valence-corrected chi connectivity index (χ2v) is 4.50. The van der Waals surface area contributed by atoms with Crippen LogP contribution in [0.2, 0.25) is 0 Å². The molecule has 0 saturated carbocycles. The molecule has 2 rings (SSSR count). The molecule has 1 unspecified atom stereocenters. The van der Waals surface area contributed by atoms with Crippen molar-refractivity contribution in [2.45, 2.75) is 26.8 Å². The molecule has 1 aromatic rings. The SMILES string of the molecule is CCN1C(N)=NCC1c1cc(C)c(O)c(C)c1. The first-order valence-electron chi connectivity index (χ1n) is 5.91. The van der Waals surface area contributed by atoms with Crippen LogP contribution >= 0.6 is 0 Å². The zero-order chi connectivity index (χ0) is 12.6. The van der Waals surface area contributed by atoms with E-state index in [0.29, 0.717) is 18.3 Å². The highest BCUT2D eigenvalue weighted by atomic mass is 16.3. The van der Waals surface area contributed by atoms with Gasteiger partial charge >= 0.3 is 0 Å². The van der Waals surface area contributed by atoms with Crippen LogP contribution in [0, 0.1) is 13.8 Å². The van der Waals surface area contributed by atoms with E-state index in [9.17, 15) is 5.11 Å². The van der Waals surface area contributed by atoms with Crippen LogP contribution in [-0.4, -0.2) is 29.1 Å². The third-order valence-corrected chi connectivity index (χ3v) is 3.34. The van der Waals surface area contributed by atoms with E-state index >= 15 is 0 Å². The smallest absolute Gasteiger partial charge is 0.191 e. The first-order valence-corrected chi connectivity index (χ1v) is 5.91. The van der Waals surface area contributed by atoms with Crippen molar-refractivity contribution in [2.24, 2.45) is 10.7 Å². The fraction of sp³-hybridized carbons (Fsp3) is 0.462. The van der Waals surface area contributed by atoms with Crippen molar-refractivity contribution >= 4 is 5.96 Å². The van der Waals surface area contributed by atoms with Gasteiger partial charge in [-0.2, -0.15) is 0 Å².